The highest BCUT2D eigenvalue weighted by molar-refractivity contribution is 6.25. The summed E-state index contributed by atoms with van der Waals surface area (Å²) in [6.07, 6.45) is 2.44. The number of benzene rings is 4. The molecule has 1 aromatic heterocycles. The van der Waals surface area contributed by atoms with Crippen LogP contribution in [-0.4, -0.2) is 125 Å². The Bertz CT molecular complexity index is 2840. The van der Waals surface area contributed by atoms with Crippen LogP contribution in [0, 0.1) is 23.7 Å². The summed E-state index contributed by atoms with van der Waals surface area (Å²) in [6, 6.07) is 26.5. The summed E-state index contributed by atoms with van der Waals surface area (Å²) in [5, 5.41) is 22.6. The van der Waals surface area contributed by atoms with E-state index in [1.807, 2.05) is 70.5 Å². The fourth-order valence-electron chi connectivity index (χ4n) is 10.8. The normalized spacial score (nSPS) is 23.1. The number of imide groups is 1. The number of carbonyl (C=O) groups is 5. The van der Waals surface area contributed by atoms with Crippen LogP contribution in [0.1, 0.15) is 66.3 Å². The molecule has 4 aromatic carbocycles. The zero-order valence-electron chi connectivity index (χ0n) is 39.6. The molecule has 0 aliphatic carbocycles. The molecule has 0 unspecified atom stereocenters. The number of hydrogen-bond acceptors (Lipinski definition) is 14. The van der Waals surface area contributed by atoms with Crippen molar-refractivity contribution in [2.24, 2.45) is 11.8 Å². The summed E-state index contributed by atoms with van der Waals surface area (Å²) in [5.74, 6) is 1.86. The number of esters is 2. The Balaban J connectivity index is 1.35. The van der Waals surface area contributed by atoms with Crippen molar-refractivity contribution >= 4 is 41.4 Å². The van der Waals surface area contributed by atoms with E-state index in [4.69, 9.17) is 14.2 Å². The smallest absolute Gasteiger partial charge is 0.329 e. The predicted molar refractivity (Wildman–Crippen MR) is 260 cm³/mol. The quantitative estimate of drug-likeness (QED) is 0.116. The Hall–Kier alpha value is -7.65. The van der Waals surface area contributed by atoms with Gasteiger partial charge >= 0.3 is 18.0 Å². The van der Waals surface area contributed by atoms with Gasteiger partial charge in [0, 0.05) is 56.1 Å². The zero-order valence-corrected chi connectivity index (χ0v) is 39.6. The highest BCUT2D eigenvalue weighted by Gasteiger charge is 2.76. The fraction of sp³-hybridized carbons (Fsp3) is 0.352. The van der Waals surface area contributed by atoms with Crippen molar-refractivity contribution < 1.29 is 48.4 Å². The van der Waals surface area contributed by atoms with Crippen LogP contribution in [0.4, 0.5) is 16.4 Å². The average Bonchev–Trinajstić information content (AvgIpc) is 3.86. The standard InChI is InChI=1S/C54H55N7O10/c1-34(2)43(49(65)69-3)57-53(68)60-40-23-22-35(15-12-13-30-62)33-39(40)54(51(60)67)42(48(64)58-26-28-59(29-27-58)52-55-24-14-25-56-52)45-50(66)71-46(37-18-8-5-9-19-37)44(36-16-6-4-7-17-36)61(45)47(54)38-20-10-11-21-41(38)70-32-31-63/h4-11,14,16-25,33-34,42-47,62-63H,13,26-32H2,1-3H3,(H,57,68)/t42-,43+,44-,45-,46+,47+,54-/m1/s1. The molecule has 7 atom stereocenters. The second-order valence-corrected chi connectivity index (χ2v) is 18.1. The minimum atomic E-state index is -2.16. The molecule has 4 aliphatic rings. The lowest BCUT2D eigenvalue weighted by Gasteiger charge is -2.46. The number of carbonyl (C=O) groups excluding carboxylic acids is 5. The molecule has 3 N–H and O–H groups in total. The van der Waals surface area contributed by atoms with Crippen LogP contribution >= 0.6 is 0 Å². The van der Waals surface area contributed by atoms with Crippen molar-refractivity contribution in [1.82, 2.24) is 25.1 Å². The third-order valence-corrected chi connectivity index (χ3v) is 13.8. The van der Waals surface area contributed by atoms with Crippen molar-refractivity contribution in [2.75, 3.05) is 62.9 Å². The maximum absolute atomic E-state index is 16.8. The number of anilines is 2. The van der Waals surface area contributed by atoms with Gasteiger partial charge in [0.05, 0.1) is 44.0 Å². The number of aliphatic hydroxyl groups excluding tert-OH is 2. The monoisotopic (exact) mass is 961 g/mol. The number of methoxy groups -OCH3 is 1. The van der Waals surface area contributed by atoms with E-state index in [9.17, 15) is 15.0 Å². The summed E-state index contributed by atoms with van der Waals surface area (Å²) in [4.78, 5) is 92.5. The largest absolute Gasteiger partial charge is 0.491 e. The van der Waals surface area contributed by atoms with Crippen LogP contribution < -0.4 is 19.9 Å². The molecule has 0 radical (unpaired) electrons. The minimum Gasteiger partial charge on any atom is -0.491 e. The van der Waals surface area contributed by atoms with Gasteiger partial charge in [0.1, 0.15) is 36.0 Å². The lowest BCUT2D eigenvalue weighted by atomic mass is 9.64. The second kappa shape index (κ2) is 20.7. The van der Waals surface area contributed by atoms with E-state index in [-0.39, 0.29) is 56.3 Å². The number of nitrogens with one attached hydrogen (secondary N) is 1. The first kappa shape index (κ1) is 48.4. The highest BCUT2D eigenvalue weighted by Crippen LogP contribution is 2.67. The number of hydrogen-bond donors (Lipinski definition) is 3. The van der Waals surface area contributed by atoms with Gasteiger partial charge in [-0.05, 0) is 52.9 Å². The van der Waals surface area contributed by atoms with Crippen LogP contribution in [0.15, 0.2) is 122 Å². The number of amides is 4. The van der Waals surface area contributed by atoms with E-state index in [0.717, 1.165) is 4.90 Å². The van der Waals surface area contributed by atoms with Crippen LogP contribution in [0.25, 0.3) is 0 Å². The lowest BCUT2D eigenvalue weighted by molar-refractivity contribution is -0.179. The summed E-state index contributed by atoms with van der Waals surface area (Å²) in [6.45, 7) is 3.73. The van der Waals surface area contributed by atoms with Crippen molar-refractivity contribution in [2.45, 2.75) is 56.0 Å². The number of rotatable bonds is 12. The van der Waals surface area contributed by atoms with E-state index in [1.165, 1.54) is 7.11 Å². The van der Waals surface area contributed by atoms with Gasteiger partial charge in [-0.15, -0.1) is 0 Å². The molecule has 3 fully saturated rings. The lowest BCUT2D eigenvalue weighted by Crippen LogP contribution is -2.60. The van der Waals surface area contributed by atoms with E-state index in [2.05, 4.69) is 27.1 Å². The predicted octanol–water partition coefficient (Wildman–Crippen LogP) is 4.50. The fourth-order valence-corrected chi connectivity index (χ4v) is 10.8. The van der Waals surface area contributed by atoms with Crippen molar-refractivity contribution in [3.8, 4) is 17.6 Å². The number of piperazine rings is 1. The average molecular weight is 962 g/mol. The van der Waals surface area contributed by atoms with Crippen LogP contribution in [0.2, 0.25) is 0 Å². The summed E-state index contributed by atoms with van der Waals surface area (Å²) in [7, 11) is 1.21. The molecule has 0 bridgehead atoms. The molecular weight excluding hydrogens is 907 g/mol. The van der Waals surface area contributed by atoms with Gasteiger partial charge in [0.2, 0.25) is 17.8 Å². The molecule has 366 valence electrons. The molecule has 1 spiro atoms. The maximum Gasteiger partial charge on any atom is 0.329 e. The summed E-state index contributed by atoms with van der Waals surface area (Å²) < 4.78 is 18.1. The number of fused-ring (bicyclic) bond motifs is 3. The number of nitrogens with zero attached hydrogens (tertiary/aromatic N) is 6. The van der Waals surface area contributed by atoms with Crippen LogP contribution in [-0.2, 0) is 34.1 Å². The summed E-state index contributed by atoms with van der Waals surface area (Å²) >= 11 is 0. The first-order chi connectivity index (χ1) is 34.5. The zero-order chi connectivity index (χ0) is 49.8. The SMILES string of the molecule is COC(=O)[C@@H](NC(=O)N1C(=O)[C@@]2(c3cc(C#CCCO)ccc31)[C@H](c1ccccc1OCCO)N1[C@H](c3ccccc3)[C@H](c3ccccc3)OC(=O)[C@H]1[C@@H]2C(=O)N1CCN(c2ncccn2)CC1)C(C)C. The molecule has 4 amide bonds. The van der Waals surface area contributed by atoms with Crippen molar-refractivity contribution in [3.63, 3.8) is 0 Å². The summed E-state index contributed by atoms with van der Waals surface area (Å²) in [5.41, 5.74) is 0.317. The van der Waals surface area contributed by atoms with E-state index < -0.39 is 77.3 Å². The Morgan fingerprint density at radius 1 is 0.845 bits per heavy atom. The Morgan fingerprint density at radius 2 is 1.52 bits per heavy atom. The molecule has 9 rings (SSSR count). The first-order valence-corrected chi connectivity index (χ1v) is 23.7. The molecule has 4 aliphatic heterocycles. The van der Waals surface area contributed by atoms with Gasteiger partial charge in [-0.2, -0.15) is 0 Å². The van der Waals surface area contributed by atoms with E-state index in [1.54, 1.807) is 79.7 Å². The number of morpholine rings is 1. The van der Waals surface area contributed by atoms with Gasteiger partial charge in [-0.25, -0.2) is 24.5 Å². The van der Waals surface area contributed by atoms with Gasteiger partial charge in [-0.1, -0.05) is 105 Å². The van der Waals surface area contributed by atoms with Gasteiger partial charge in [0.25, 0.3) is 0 Å². The van der Waals surface area contributed by atoms with E-state index in [0.29, 0.717) is 41.3 Å². The topological polar surface area (TPSA) is 204 Å². The van der Waals surface area contributed by atoms with Crippen LogP contribution in [0.5, 0.6) is 5.75 Å². The maximum atomic E-state index is 16.8. The number of para-hydroxylation sites is 1. The molecular formula is C54H55N7O10. The molecule has 5 aromatic rings. The Labute approximate surface area is 411 Å². The highest BCUT2D eigenvalue weighted by atomic mass is 16.6. The van der Waals surface area contributed by atoms with Crippen molar-refractivity contribution in [3.05, 3.63) is 149 Å². The van der Waals surface area contributed by atoms with Crippen LogP contribution in [0.3, 0.4) is 0 Å². The minimum absolute atomic E-state index is 0.0965. The molecule has 17 nitrogen and oxygen atoms in total. The van der Waals surface area contributed by atoms with Gasteiger partial charge in [-0.3, -0.25) is 19.3 Å². The van der Waals surface area contributed by atoms with Crippen molar-refractivity contribution in [1.29, 1.82) is 0 Å². The molecule has 71 heavy (non-hydrogen) atoms. The third-order valence-electron chi connectivity index (χ3n) is 13.8. The number of aliphatic hydroxyl groups is 2. The first-order valence-electron chi connectivity index (χ1n) is 23.7. The Kier molecular flexibility index (Phi) is 14.1. The molecule has 0 saturated carbocycles. The molecule has 3 saturated heterocycles. The number of aromatic nitrogens is 2. The third kappa shape index (κ3) is 8.72. The molecule has 17 heteroatoms. The van der Waals surface area contributed by atoms with E-state index >= 15 is 19.2 Å². The number of ether oxygens (including phenoxy) is 3. The second-order valence-electron chi connectivity index (χ2n) is 18.1. The van der Waals surface area contributed by atoms with Gasteiger partial charge < -0.3 is 39.5 Å². The Morgan fingerprint density at radius 3 is 2.18 bits per heavy atom. The molecule has 5 heterocycles. The van der Waals surface area contributed by atoms with Gasteiger partial charge in [0.15, 0.2) is 0 Å². The number of urea groups is 1. The number of cyclic esters (lactones) is 1.